The third-order valence-corrected chi connectivity index (χ3v) is 11.6. The molecule has 2 heterocycles. The number of nitrogens with zero attached hydrogens (tertiary/aromatic N) is 2. The quantitative estimate of drug-likeness (QED) is 0.0547. The highest BCUT2D eigenvalue weighted by Gasteiger charge is 2.24. The molecule has 0 bridgehead atoms. The van der Waals surface area contributed by atoms with E-state index < -0.39 is 13.6 Å². The van der Waals surface area contributed by atoms with Gasteiger partial charge >= 0.3 is 19.5 Å². The molecule has 0 amide bonds. The van der Waals surface area contributed by atoms with E-state index >= 15 is 0 Å². The summed E-state index contributed by atoms with van der Waals surface area (Å²) in [5.41, 5.74) is 7.20. The number of esters is 2. The molecule has 4 aromatic rings. The first-order valence-electron chi connectivity index (χ1n) is 20.8. The van der Waals surface area contributed by atoms with Gasteiger partial charge in [0.05, 0.1) is 71.1 Å². The molecule has 0 aliphatic carbocycles. The van der Waals surface area contributed by atoms with Crippen molar-refractivity contribution in [3.63, 3.8) is 0 Å². The van der Waals surface area contributed by atoms with Crippen LogP contribution in [0.25, 0.3) is 6.08 Å². The van der Waals surface area contributed by atoms with Crippen molar-refractivity contribution in [1.29, 1.82) is 0 Å². The fourth-order valence-electron chi connectivity index (χ4n) is 6.26. The van der Waals surface area contributed by atoms with Gasteiger partial charge in [-0.2, -0.15) is 0 Å². The normalized spacial score (nSPS) is 13.1. The van der Waals surface area contributed by atoms with E-state index in [2.05, 4.69) is 79.4 Å². The molecule has 67 heavy (non-hydrogen) atoms. The molecule has 0 radical (unpaired) electrons. The number of morpholine rings is 2. The summed E-state index contributed by atoms with van der Waals surface area (Å²) in [6, 6.07) is 30.3. The summed E-state index contributed by atoms with van der Waals surface area (Å²) in [6.07, 6.45) is 4.54. The smallest absolute Gasteiger partial charge is 0.337 e. The Morgan fingerprint density at radius 1 is 0.597 bits per heavy atom. The second-order valence-corrected chi connectivity index (χ2v) is 16.1. The average molecular weight is 941 g/mol. The maximum absolute atomic E-state index is 12.3. The fourth-order valence-corrected chi connectivity index (χ4v) is 7.96. The van der Waals surface area contributed by atoms with Crippen molar-refractivity contribution in [1.82, 2.24) is 9.80 Å². The van der Waals surface area contributed by atoms with Crippen molar-refractivity contribution < 1.29 is 46.9 Å². The third kappa shape index (κ3) is 23.1. The zero-order chi connectivity index (χ0) is 45.1. The van der Waals surface area contributed by atoms with E-state index in [1.54, 1.807) is 50.2 Å². The molecule has 2 aliphatic heterocycles. The Morgan fingerprint density at radius 2 is 0.985 bits per heavy atom. The molecule has 0 saturated carbocycles. The SMILES string of the molecule is C.C.C.C.CCOP(=O)(Cc1ccc(C(=O)OC)cc1)OCC.COC(=O)c1ccc(C=CC#Cc2ccc(CN3CCOCC3)cc2)cc1.O=CC#Cc1ccc(CN2CCOCC2)cc1. The lowest BCUT2D eigenvalue weighted by Gasteiger charge is -2.26. The number of ether oxygens (including phenoxy) is 4. The number of aldehydes is 1. The van der Waals surface area contributed by atoms with Crippen LogP contribution in [0, 0.1) is 23.7 Å². The number of methoxy groups -OCH3 is 2. The monoisotopic (exact) mass is 941 g/mol. The number of benzene rings is 4. The van der Waals surface area contributed by atoms with Crippen LogP contribution in [0.1, 0.15) is 97.7 Å². The number of carbonyl (C=O) groups excluding carboxylic acids is 3. The number of rotatable bonds is 13. The van der Waals surface area contributed by atoms with Crippen molar-refractivity contribution in [2.45, 2.75) is 62.8 Å². The molecule has 12 nitrogen and oxygen atoms in total. The lowest BCUT2D eigenvalue weighted by Crippen LogP contribution is -2.35. The summed E-state index contributed by atoms with van der Waals surface area (Å²) >= 11 is 0. The lowest BCUT2D eigenvalue weighted by molar-refractivity contribution is -0.103. The van der Waals surface area contributed by atoms with Gasteiger partial charge in [-0.3, -0.25) is 19.2 Å². The summed E-state index contributed by atoms with van der Waals surface area (Å²) in [4.78, 5) is 37.6. The maximum Gasteiger partial charge on any atom is 0.337 e. The Hall–Kier alpha value is -5.66. The topological polar surface area (TPSA) is 130 Å². The Kier molecular flexibility index (Phi) is 31.7. The highest BCUT2D eigenvalue weighted by Crippen LogP contribution is 2.51. The predicted molar refractivity (Wildman–Crippen MR) is 271 cm³/mol. The molecule has 2 saturated heterocycles. The molecule has 0 atom stereocenters. The molecule has 6 rings (SSSR count). The zero-order valence-corrected chi connectivity index (χ0v) is 37.5. The first-order chi connectivity index (χ1) is 30.7. The zero-order valence-electron chi connectivity index (χ0n) is 36.6. The maximum atomic E-state index is 12.3. The average Bonchev–Trinajstić information content (AvgIpc) is 3.32. The minimum absolute atomic E-state index is 0. The van der Waals surface area contributed by atoms with Crippen LogP contribution in [0.5, 0.6) is 0 Å². The van der Waals surface area contributed by atoms with Gasteiger partial charge in [-0.1, -0.05) is 96.0 Å². The molecule has 2 aliphatic rings. The van der Waals surface area contributed by atoms with Gasteiger partial charge in [0.25, 0.3) is 0 Å². The predicted octanol–water partition coefficient (Wildman–Crippen LogP) is 10.2. The number of carbonyl (C=O) groups is 3. The van der Waals surface area contributed by atoms with E-state index in [-0.39, 0.29) is 41.8 Å². The van der Waals surface area contributed by atoms with Crippen LogP contribution in [0.4, 0.5) is 0 Å². The minimum Gasteiger partial charge on any atom is -0.465 e. The lowest BCUT2D eigenvalue weighted by atomic mass is 10.1. The summed E-state index contributed by atoms with van der Waals surface area (Å²) in [6.45, 7) is 13.4. The summed E-state index contributed by atoms with van der Waals surface area (Å²) in [7, 11) is -0.399. The van der Waals surface area contributed by atoms with Crippen molar-refractivity contribution in [3.05, 3.63) is 148 Å². The molecular formula is C54H73N2O10P. The second kappa shape index (κ2) is 34.6. The van der Waals surface area contributed by atoms with Crippen molar-refractivity contribution >= 4 is 31.9 Å². The fraction of sp³-hybridized carbons (Fsp3) is 0.389. The van der Waals surface area contributed by atoms with Gasteiger partial charge in [-0.05, 0) is 103 Å². The van der Waals surface area contributed by atoms with Crippen LogP contribution in [-0.2, 0) is 56.6 Å². The van der Waals surface area contributed by atoms with Crippen LogP contribution in [0.15, 0.2) is 103 Å². The van der Waals surface area contributed by atoms with Gasteiger partial charge in [-0.15, -0.1) is 0 Å². The van der Waals surface area contributed by atoms with Crippen molar-refractivity contribution in [3.8, 4) is 23.7 Å². The van der Waals surface area contributed by atoms with Crippen LogP contribution in [0.2, 0.25) is 0 Å². The Labute approximate surface area is 401 Å². The molecule has 13 heteroatoms. The highest BCUT2D eigenvalue weighted by atomic mass is 31.2. The Morgan fingerprint density at radius 3 is 1.37 bits per heavy atom. The molecule has 0 spiro atoms. The largest absolute Gasteiger partial charge is 0.465 e. The Bertz CT molecular complexity index is 2200. The Balaban J connectivity index is 0.000000977. The van der Waals surface area contributed by atoms with Crippen molar-refractivity contribution in [2.24, 2.45) is 0 Å². The van der Waals surface area contributed by atoms with Gasteiger partial charge in [0, 0.05) is 50.4 Å². The van der Waals surface area contributed by atoms with Crippen LogP contribution >= 0.6 is 7.60 Å². The van der Waals surface area contributed by atoms with Crippen molar-refractivity contribution in [2.75, 3.05) is 80.0 Å². The van der Waals surface area contributed by atoms with E-state index in [4.69, 9.17) is 18.5 Å². The summed E-state index contributed by atoms with van der Waals surface area (Å²) in [5.74, 6) is 10.6. The van der Waals surface area contributed by atoms with Gasteiger partial charge in [0.2, 0.25) is 0 Å². The van der Waals surface area contributed by atoms with Crippen LogP contribution in [0.3, 0.4) is 0 Å². The molecule has 0 unspecified atom stereocenters. The van der Waals surface area contributed by atoms with Crippen LogP contribution < -0.4 is 0 Å². The van der Waals surface area contributed by atoms with Gasteiger partial charge < -0.3 is 28.0 Å². The van der Waals surface area contributed by atoms with E-state index in [9.17, 15) is 18.9 Å². The standard InChI is InChI=1S/C23H23NO3.C14H15NO2.C13H19O5P.4CH4/c1-26-23(25)22-12-10-20(11-13-22)5-3-2-4-19-6-8-21(9-7-19)18-24-14-16-27-17-15-24;16-9-1-2-13-3-5-14(6-4-13)12-15-7-10-17-11-8-15;1-4-17-19(15,18-5-2)10-11-6-8-12(9-7-11)13(14)16-3;;;;/h3,5-13H,14-18H2,1H3;3-6,9H,7-8,10-12H2;6-9H,4-5,10H2,1-3H3;4*1H4. The molecule has 364 valence electrons. The summed E-state index contributed by atoms with van der Waals surface area (Å²) < 4.78 is 42.7. The molecule has 4 aromatic carbocycles. The van der Waals surface area contributed by atoms with E-state index in [0.29, 0.717) is 30.6 Å². The first-order valence-corrected chi connectivity index (χ1v) is 22.5. The molecular weight excluding hydrogens is 868 g/mol. The van der Waals surface area contributed by atoms with Gasteiger partial charge in [0.15, 0.2) is 6.29 Å². The second-order valence-electron chi connectivity index (χ2n) is 14.1. The summed E-state index contributed by atoms with van der Waals surface area (Å²) in [5, 5.41) is 0. The number of hydrogen-bond acceptors (Lipinski definition) is 12. The molecule has 2 fully saturated rings. The van der Waals surface area contributed by atoms with E-state index in [0.717, 1.165) is 87.9 Å². The number of allylic oxidation sites excluding steroid dienone is 1. The van der Waals surface area contributed by atoms with Crippen LogP contribution in [-0.4, -0.2) is 108 Å². The molecule has 0 N–H and O–H groups in total. The molecule has 0 aromatic heterocycles. The van der Waals surface area contributed by atoms with E-state index in [1.165, 1.54) is 25.3 Å². The third-order valence-electron chi connectivity index (χ3n) is 9.51. The van der Waals surface area contributed by atoms with Gasteiger partial charge in [0.1, 0.15) is 0 Å². The first kappa shape index (κ1) is 61.3. The highest BCUT2D eigenvalue weighted by molar-refractivity contribution is 7.53. The minimum atomic E-state index is -3.10. The number of hydrogen-bond donors (Lipinski definition) is 0. The van der Waals surface area contributed by atoms with Gasteiger partial charge in [-0.25, -0.2) is 9.59 Å². The van der Waals surface area contributed by atoms with E-state index in [1.807, 2.05) is 36.4 Å².